The van der Waals surface area contributed by atoms with E-state index in [0.717, 1.165) is 80.6 Å². The number of amides is 3. The number of hydrogen-bond acceptors (Lipinski definition) is 8. The number of alkyl carbamates (subject to hydrolysis) is 1. The van der Waals surface area contributed by atoms with E-state index in [0.29, 0.717) is 18.9 Å². The molecule has 3 heterocycles. The second-order valence-corrected chi connectivity index (χ2v) is 14.4. The van der Waals surface area contributed by atoms with Gasteiger partial charge in [0.25, 0.3) is 0 Å². The molecular formula is C42H53N7O6. The van der Waals surface area contributed by atoms with Crippen LogP contribution in [0.15, 0.2) is 48.7 Å². The van der Waals surface area contributed by atoms with Crippen molar-refractivity contribution in [1.29, 1.82) is 0 Å². The Kier molecular flexibility index (Phi) is 12.1. The van der Waals surface area contributed by atoms with Crippen LogP contribution >= 0.6 is 0 Å². The molecule has 3 atom stereocenters. The second kappa shape index (κ2) is 16.9. The molecule has 2 aromatic heterocycles. The Labute approximate surface area is 322 Å². The molecule has 1 aliphatic rings. The fourth-order valence-electron chi connectivity index (χ4n) is 7.50. The number of carbonyl (C=O) groups excluding carboxylic acids is 3. The van der Waals surface area contributed by atoms with E-state index in [-0.39, 0.29) is 49.1 Å². The standard InChI is InChI=1S/C42H53N7O6/c1-9-24(4)49(38(50)16-25(5)53-7)26(6)41-46-34-15-13-27-18-33-31-14-12-28(17-29(31)23-55-36(33)19-32(27)40(34)47-41)35-20-43-37(45-35)22-48(30(10-2)11-3)39(51)21-44-42(52)54-8/h12-15,17-20,24-26,30H,9-11,16,21-23H2,1-8H3,(H,43,45)(H,44,52)(H,46,47)/t24-,25?,26?/m0/s1. The van der Waals surface area contributed by atoms with Gasteiger partial charge in [0.1, 0.15) is 30.5 Å². The van der Waals surface area contributed by atoms with Gasteiger partial charge in [-0.25, -0.2) is 14.8 Å². The zero-order valence-corrected chi connectivity index (χ0v) is 33.1. The van der Waals surface area contributed by atoms with Crippen molar-refractivity contribution in [2.75, 3.05) is 20.8 Å². The fourth-order valence-corrected chi connectivity index (χ4v) is 7.50. The number of H-pyrrole nitrogens is 2. The number of methoxy groups -OCH3 is 2. The van der Waals surface area contributed by atoms with Crippen LogP contribution in [0, 0.1) is 0 Å². The number of nitrogens with one attached hydrogen (secondary N) is 3. The van der Waals surface area contributed by atoms with Crippen LogP contribution < -0.4 is 10.1 Å². The van der Waals surface area contributed by atoms with Gasteiger partial charge in [0.15, 0.2) is 0 Å². The van der Waals surface area contributed by atoms with E-state index in [9.17, 15) is 14.4 Å². The maximum Gasteiger partial charge on any atom is 0.407 e. The monoisotopic (exact) mass is 751 g/mol. The van der Waals surface area contributed by atoms with E-state index < -0.39 is 6.09 Å². The second-order valence-electron chi connectivity index (χ2n) is 14.4. The zero-order valence-electron chi connectivity index (χ0n) is 33.1. The van der Waals surface area contributed by atoms with Crippen molar-refractivity contribution in [2.24, 2.45) is 0 Å². The lowest BCUT2D eigenvalue weighted by molar-refractivity contribution is -0.138. The number of ether oxygens (including phenoxy) is 3. The molecule has 0 spiro atoms. The van der Waals surface area contributed by atoms with Gasteiger partial charge in [-0.3, -0.25) is 9.59 Å². The van der Waals surface area contributed by atoms with Gasteiger partial charge in [0.05, 0.1) is 55.1 Å². The van der Waals surface area contributed by atoms with E-state index in [4.69, 9.17) is 14.5 Å². The topological polar surface area (TPSA) is 155 Å². The largest absolute Gasteiger partial charge is 0.488 e. The predicted molar refractivity (Wildman–Crippen MR) is 212 cm³/mol. The molecule has 0 fully saturated rings. The number of fused-ring (bicyclic) bond motifs is 6. The highest BCUT2D eigenvalue weighted by molar-refractivity contribution is 6.07. The molecule has 2 unspecified atom stereocenters. The van der Waals surface area contributed by atoms with E-state index >= 15 is 0 Å². The van der Waals surface area contributed by atoms with Crippen LogP contribution in [0.3, 0.4) is 0 Å². The molecule has 0 saturated carbocycles. The normalized spacial score (nSPS) is 13.8. The summed E-state index contributed by atoms with van der Waals surface area (Å²) in [6.07, 6.45) is 3.65. The molecule has 13 heteroatoms. The number of carbonyl (C=O) groups is 3. The van der Waals surface area contributed by atoms with Crippen LogP contribution in [0.1, 0.15) is 90.5 Å². The van der Waals surface area contributed by atoms with E-state index in [1.807, 2.05) is 38.7 Å². The summed E-state index contributed by atoms with van der Waals surface area (Å²) in [7, 11) is 2.90. The van der Waals surface area contributed by atoms with Crippen LogP contribution in [0.2, 0.25) is 0 Å². The summed E-state index contributed by atoms with van der Waals surface area (Å²) >= 11 is 0. The fraction of sp³-hybridized carbons (Fsp3) is 0.452. The summed E-state index contributed by atoms with van der Waals surface area (Å²) in [4.78, 5) is 58.5. The summed E-state index contributed by atoms with van der Waals surface area (Å²) in [5, 5.41) is 4.51. The minimum atomic E-state index is -0.646. The Morgan fingerprint density at radius 1 is 0.945 bits per heavy atom. The number of rotatable bonds is 15. The summed E-state index contributed by atoms with van der Waals surface area (Å²) in [6.45, 7) is 12.7. The lowest BCUT2D eigenvalue weighted by Gasteiger charge is -2.34. The van der Waals surface area contributed by atoms with E-state index in [2.05, 4.69) is 75.3 Å². The van der Waals surface area contributed by atoms with Crippen LogP contribution in [0.25, 0.3) is 44.2 Å². The zero-order chi connectivity index (χ0) is 39.4. The summed E-state index contributed by atoms with van der Waals surface area (Å²) in [5.74, 6) is 2.03. The van der Waals surface area contributed by atoms with Gasteiger partial charge in [-0.1, -0.05) is 39.0 Å². The molecular weight excluding hydrogens is 699 g/mol. The summed E-state index contributed by atoms with van der Waals surface area (Å²) < 4.78 is 16.4. The first kappa shape index (κ1) is 39.3. The SMILES string of the molecule is CCC(CC)N(Cc1ncc(-c2ccc3c(c2)COc2cc4c(ccc5[nH]c(C(C)N(C(=O)CC(C)OC)[C@@H](C)CC)nc54)cc2-3)[nH]1)C(=O)CNC(=O)OC. The molecule has 0 aliphatic carbocycles. The Morgan fingerprint density at radius 3 is 2.44 bits per heavy atom. The predicted octanol–water partition coefficient (Wildman–Crippen LogP) is 7.65. The average Bonchev–Trinajstić information content (AvgIpc) is 3.87. The number of aromatic nitrogens is 4. The third kappa shape index (κ3) is 8.17. The van der Waals surface area contributed by atoms with Crippen LogP contribution in [0.4, 0.5) is 4.79 Å². The Morgan fingerprint density at radius 2 is 1.73 bits per heavy atom. The van der Waals surface area contributed by atoms with Gasteiger partial charge in [0.2, 0.25) is 11.8 Å². The molecule has 13 nitrogen and oxygen atoms in total. The van der Waals surface area contributed by atoms with Gasteiger partial charge >= 0.3 is 6.09 Å². The van der Waals surface area contributed by atoms with Crippen molar-refractivity contribution in [3.8, 4) is 28.1 Å². The number of nitrogens with zero attached hydrogens (tertiary/aromatic N) is 4. The molecule has 292 valence electrons. The molecule has 3 N–H and O–H groups in total. The lowest BCUT2D eigenvalue weighted by Crippen LogP contribution is -2.45. The maximum atomic E-state index is 13.4. The molecule has 0 saturated heterocycles. The molecule has 0 radical (unpaired) electrons. The number of imidazole rings is 2. The Hall–Kier alpha value is -5.43. The lowest BCUT2D eigenvalue weighted by atomic mass is 9.92. The van der Waals surface area contributed by atoms with Gasteiger partial charge in [0, 0.05) is 30.1 Å². The van der Waals surface area contributed by atoms with Crippen molar-refractivity contribution < 1.29 is 28.6 Å². The van der Waals surface area contributed by atoms with Crippen LogP contribution in [-0.4, -0.2) is 86.6 Å². The quantitative estimate of drug-likeness (QED) is 0.0986. The molecule has 3 amide bonds. The number of hydrogen-bond donors (Lipinski definition) is 3. The third-order valence-corrected chi connectivity index (χ3v) is 10.9. The van der Waals surface area contributed by atoms with Crippen molar-refractivity contribution in [3.05, 3.63) is 65.9 Å². The maximum absolute atomic E-state index is 13.4. The molecule has 3 aromatic carbocycles. The van der Waals surface area contributed by atoms with Crippen molar-refractivity contribution in [2.45, 2.75) is 105 Å². The minimum Gasteiger partial charge on any atom is -0.488 e. The Balaban J connectivity index is 1.25. The molecule has 1 aliphatic heterocycles. The highest BCUT2D eigenvalue weighted by Gasteiger charge is 2.29. The highest BCUT2D eigenvalue weighted by Crippen LogP contribution is 2.42. The smallest absolute Gasteiger partial charge is 0.407 e. The number of benzene rings is 3. The first-order chi connectivity index (χ1) is 26.5. The first-order valence-corrected chi connectivity index (χ1v) is 19.2. The molecule has 6 rings (SSSR count). The van der Waals surface area contributed by atoms with Crippen molar-refractivity contribution in [1.82, 2.24) is 35.1 Å². The number of aromatic amines is 2. The molecule has 55 heavy (non-hydrogen) atoms. The van der Waals surface area contributed by atoms with Crippen molar-refractivity contribution in [3.63, 3.8) is 0 Å². The van der Waals surface area contributed by atoms with Crippen LogP contribution in [-0.2, 0) is 32.2 Å². The summed E-state index contributed by atoms with van der Waals surface area (Å²) in [6, 6.07) is 14.5. The van der Waals surface area contributed by atoms with Gasteiger partial charge in [-0.05, 0) is 86.4 Å². The minimum absolute atomic E-state index is 0.00169. The highest BCUT2D eigenvalue weighted by atomic mass is 16.5. The van der Waals surface area contributed by atoms with E-state index in [1.165, 1.54) is 7.11 Å². The molecule has 0 bridgehead atoms. The van der Waals surface area contributed by atoms with Crippen molar-refractivity contribution >= 4 is 39.7 Å². The van der Waals surface area contributed by atoms with Crippen LogP contribution in [0.5, 0.6) is 5.75 Å². The average molecular weight is 752 g/mol. The Bertz CT molecular complexity index is 2170. The first-order valence-electron chi connectivity index (χ1n) is 19.2. The van der Waals surface area contributed by atoms with Gasteiger partial charge in [-0.15, -0.1) is 0 Å². The molecule has 5 aromatic rings. The third-order valence-electron chi connectivity index (χ3n) is 10.9. The van der Waals surface area contributed by atoms with Gasteiger partial charge in [-0.2, -0.15) is 0 Å². The van der Waals surface area contributed by atoms with E-state index in [1.54, 1.807) is 18.2 Å². The van der Waals surface area contributed by atoms with Gasteiger partial charge < -0.3 is 39.3 Å². The summed E-state index contributed by atoms with van der Waals surface area (Å²) in [5.41, 5.74) is 6.69.